The molecule has 0 saturated heterocycles. The summed E-state index contributed by atoms with van der Waals surface area (Å²) in [6.45, 7) is 1.36. The topological polar surface area (TPSA) is 94.9 Å². The molecule has 1 aromatic carbocycles. The predicted molar refractivity (Wildman–Crippen MR) is 91.5 cm³/mol. The molecule has 0 unspecified atom stereocenters. The molecule has 0 spiro atoms. The third-order valence-corrected chi connectivity index (χ3v) is 4.20. The second-order valence-corrected chi connectivity index (χ2v) is 6.22. The van der Waals surface area contributed by atoms with Crippen LogP contribution >= 0.6 is 11.8 Å². The van der Waals surface area contributed by atoms with Gasteiger partial charge in [-0.05, 0) is 25.1 Å². The number of halogens is 3. The van der Waals surface area contributed by atoms with Gasteiger partial charge in [-0.3, -0.25) is 20.4 Å². The minimum Gasteiger partial charge on any atom is -0.272 e. The zero-order valence-electron chi connectivity index (χ0n) is 13.9. The summed E-state index contributed by atoms with van der Waals surface area (Å²) in [4.78, 5) is 27.6. The highest BCUT2D eigenvalue weighted by atomic mass is 32.2. The lowest BCUT2D eigenvalue weighted by molar-refractivity contribution is -0.138. The lowest BCUT2D eigenvalue weighted by atomic mass is 10.1. The standard InChI is InChI=1S/C17H13F3N4O2S/c1-10-7-13(17(18,19)20)12(8-21)16(22-10)27-9-14(25)23-24-15(26)11-5-3-2-4-6-11/h2-7H,9H2,1H3,(H,23,25)(H,24,26). The largest absolute Gasteiger partial charge is 0.417 e. The van der Waals surface area contributed by atoms with Crippen LogP contribution in [0.25, 0.3) is 0 Å². The van der Waals surface area contributed by atoms with Crippen molar-refractivity contribution in [2.45, 2.75) is 18.1 Å². The number of benzene rings is 1. The Morgan fingerprint density at radius 3 is 2.48 bits per heavy atom. The molecule has 27 heavy (non-hydrogen) atoms. The van der Waals surface area contributed by atoms with E-state index in [2.05, 4.69) is 15.8 Å². The molecule has 2 N–H and O–H groups in total. The number of nitrogens with one attached hydrogen (secondary N) is 2. The molecule has 2 amide bonds. The van der Waals surface area contributed by atoms with Gasteiger partial charge in [0, 0.05) is 11.3 Å². The number of carbonyl (C=O) groups excluding carboxylic acids is 2. The average molecular weight is 394 g/mol. The van der Waals surface area contributed by atoms with Gasteiger partial charge in [0.15, 0.2) is 0 Å². The van der Waals surface area contributed by atoms with Crippen molar-refractivity contribution in [2.75, 3.05) is 5.75 Å². The van der Waals surface area contributed by atoms with Gasteiger partial charge in [0.2, 0.25) is 5.91 Å². The van der Waals surface area contributed by atoms with Crippen molar-refractivity contribution in [3.63, 3.8) is 0 Å². The van der Waals surface area contributed by atoms with Crippen molar-refractivity contribution in [2.24, 2.45) is 0 Å². The molecule has 6 nitrogen and oxygen atoms in total. The van der Waals surface area contributed by atoms with Crippen LogP contribution in [0.4, 0.5) is 13.2 Å². The van der Waals surface area contributed by atoms with Crippen LogP contribution in [0, 0.1) is 18.3 Å². The van der Waals surface area contributed by atoms with Gasteiger partial charge in [0.05, 0.1) is 16.9 Å². The molecule has 0 aliphatic carbocycles. The molecular weight excluding hydrogens is 381 g/mol. The molecule has 0 bridgehead atoms. The monoisotopic (exact) mass is 394 g/mol. The average Bonchev–Trinajstić information content (AvgIpc) is 2.63. The van der Waals surface area contributed by atoms with Gasteiger partial charge in [-0.25, -0.2) is 4.98 Å². The number of nitriles is 1. The van der Waals surface area contributed by atoms with E-state index in [-0.39, 0.29) is 16.5 Å². The maximum Gasteiger partial charge on any atom is 0.417 e. The molecule has 2 aromatic rings. The van der Waals surface area contributed by atoms with Gasteiger partial charge in [-0.1, -0.05) is 30.0 Å². The molecule has 0 fully saturated rings. The summed E-state index contributed by atoms with van der Waals surface area (Å²) in [6.07, 6.45) is -4.71. The van der Waals surface area contributed by atoms with Crippen molar-refractivity contribution < 1.29 is 22.8 Å². The van der Waals surface area contributed by atoms with Gasteiger partial charge >= 0.3 is 6.18 Å². The molecule has 0 aliphatic heterocycles. The molecule has 140 valence electrons. The number of nitrogens with zero attached hydrogens (tertiary/aromatic N) is 2. The highest BCUT2D eigenvalue weighted by Gasteiger charge is 2.35. The minimum absolute atomic E-state index is 0.0709. The number of carbonyl (C=O) groups is 2. The summed E-state index contributed by atoms with van der Waals surface area (Å²) < 4.78 is 39.2. The highest BCUT2D eigenvalue weighted by Crippen LogP contribution is 2.35. The first-order chi connectivity index (χ1) is 12.7. The Labute approximate surface area is 156 Å². The zero-order valence-corrected chi connectivity index (χ0v) is 14.7. The van der Waals surface area contributed by atoms with Crippen LogP contribution in [0.1, 0.15) is 27.2 Å². The quantitative estimate of drug-likeness (QED) is 0.614. The number of aryl methyl sites for hydroxylation is 1. The molecular formula is C17H13F3N4O2S. The number of pyridine rings is 1. The lowest BCUT2D eigenvalue weighted by Crippen LogP contribution is -2.42. The Hall–Kier alpha value is -3.06. The van der Waals surface area contributed by atoms with Crippen LogP contribution < -0.4 is 10.9 Å². The summed E-state index contributed by atoms with van der Waals surface area (Å²) in [5.41, 5.74) is 3.01. The van der Waals surface area contributed by atoms with Crippen LogP contribution in [0.15, 0.2) is 41.4 Å². The van der Waals surface area contributed by atoms with E-state index in [4.69, 9.17) is 5.26 Å². The maximum absolute atomic E-state index is 13.1. The van der Waals surface area contributed by atoms with Gasteiger partial charge in [0.25, 0.3) is 5.91 Å². The number of hydrazine groups is 1. The van der Waals surface area contributed by atoms with E-state index in [9.17, 15) is 22.8 Å². The van der Waals surface area contributed by atoms with E-state index in [0.29, 0.717) is 17.3 Å². The molecule has 1 heterocycles. The van der Waals surface area contributed by atoms with E-state index in [1.54, 1.807) is 30.3 Å². The Kier molecular flexibility index (Phi) is 6.41. The fraction of sp³-hybridized carbons (Fsp3) is 0.176. The van der Waals surface area contributed by atoms with Gasteiger partial charge in [0.1, 0.15) is 11.1 Å². The summed E-state index contributed by atoms with van der Waals surface area (Å²) in [6, 6.07) is 10.4. The normalized spacial score (nSPS) is 10.8. The Morgan fingerprint density at radius 1 is 1.22 bits per heavy atom. The molecule has 2 rings (SSSR count). The zero-order chi connectivity index (χ0) is 20.0. The Balaban J connectivity index is 2.02. The van der Waals surface area contributed by atoms with E-state index in [1.165, 1.54) is 13.0 Å². The third kappa shape index (κ3) is 5.46. The maximum atomic E-state index is 13.1. The van der Waals surface area contributed by atoms with Crippen molar-refractivity contribution in [1.82, 2.24) is 15.8 Å². The van der Waals surface area contributed by atoms with E-state index in [1.807, 2.05) is 0 Å². The van der Waals surface area contributed by atoms with Gasteiger partial charge < -0.3 is 0 Å². The number of aromatic nitrogens is 1. The van der Waals surface area contributed by atoms with E-state index in [0.717, 1.165) is 6.07 Å². The van der Waals surface area contributed by atoms with E-state index >= 15 is 0 Å². The molecule has 0 atom stereocenters. The molecule has 0 saturated carbocycles. The number of hydrogen-bond donors (Lipinski definition) is 2. The Morgan fingerprint density at radius 2 is 1.89 bits per heavy atom. The van der Waals surface area contributed by atoms with Crippen molar-refractivity contribution >= 4 is 23.6 Å². The van der Waals surface area contributed by atoms with E-state index < -0.39 is 29.1 Å². The first-order valence-electron chi connectivity index (χ1n) is 7.48. The molecule has 0 aliphatic rings. The minimum atomic E-state index is -4.71. The second-order valence-electron chi connectivity index (χ2n) is 5.26. The van der Waals surface area contributed by atoms with Gasteiger partial charge in [-0.2, -0.15) is 18.4 Å². The van der Waals surface area contributed by atoms with Crippen LogP contribution in [-0.2, 0) is 11.0 Å². The second kappa shape index (κ2) is 8.55. The first kappa shape index (κ1) is 20.3. The Bertz CT molecular complexity index is 896. The third-order valence-electron chi connectivity index (χ3n) is 3.22. The van der Waals surface area contributed by atoms with Crippen LogP contribution in [0.5, 0.6) is 0 Å². The highest BCUT2D eigenvalue weighted by molar-refractivity contribution is 8.00. The predicted octanol–water partition coefficient (Wildman–Crippen LogP) is 2.83. The number of thioether (sulfide) groups is 1. The summed E-state index contributed by atoms with van der Waals surface area (Å²) in [7, 11) is 0. The SMILES string of the molecule is Cc1cc(C(F)(F)F)c(C#N)c(SCC(=O)NNC(=O)c2ccccc2)n1. The number of alkyl halides is 3. The first-order valence-corrected chi connectivity index (χ1v) is 8.47. The lowest BCUT2D eigenvalue weighted by Gasteiger charge is -2.13. The molecule has 1 aromatic heterocycles. The summed E-state index contributed by atoms with van der Waals surface area (Å²) in [5.74, 6) is -1.54. The van der Waals surface area contributed by atoms with Crippen LogP contribution in [0.2, 0.25) is 0 Å². The molecule has 0 radical (unpaired) electrons. The van der Waals surface area contributed by atoms with Crippen molar-refractivity contribution in [3.8, 4) is 6.07 Å². The van der Waals surface area contributed by atoms with Crippen LogP contribution in [-0.4, -0.2) is 22.6 Å². The summed E-state index contributed by atoms with van der Waals surface area (Å²) >= 11 is 0.675. The van der Waals surface area contributed by atoms with Crippen molar-refractivity contribution in [3.05, 3.63) is 58.8 Å². The number of rotatable bonds is 4. The van der Waals surface area contributed by atoms with Crippen molar-refractivity contribution in [1.29, 1.82) is 5.26 Å². The van der Waals surface area contributed by atoms with Gasteiger partial charge in [-0.15, -0.1) is 0 Å². The fourth-order valence-corrected chi connectivity index (χ4v) is 2.89. The number of hydrogen-bond acceptors (Lipinski definition) is 5. The smallest absolute Gasteiger partial charge is 0.272 e. The summed E-state index contributed by atoms with van der Waals surface area (Å²) in [5, 5.41) is 8.86. The fourth-order valence-electron chi connectivity index (χ4n) is 2.04. The molecule has 10 heteroatoms. The number of amides is 2. The van der Waals surface area contributed by atoms with Crippen LogP contribution in [0.3, 0.4) is 0 Å².